The first-order valence-corrected chi connectivity index (χ1v) is 6.67. The molecule has 0 saturated heterocycles. The van der Waals surface area contributed by atoms with Gasteiger partial charge in [0, 0.05) is 17.7 Å². The van der Waals surface area contributed by atoms with Gasteiger partial charge in [0.05, 0.1) is 0 Å². The predicted molar refractivity (Wildman–Crippen MR) is 80.9 cm³/mol. The molecule has 2 aromatic rings. The summed E-state index contributed by atoms with van der Waals surface area (Å²) in [7, 11) is 2.77. The van der Waals surface area contributed by atoms with Crippen LogP contribution in [0.2, 0.25) is 0 Å². The number of benzene rings is 1. The van der Waals surface area contributed by atoms with Gasteiger partial charge in [0.2, 0.25) is 5.88 Å². The highest BCUT2D eigenvalue weighted by atomic mass is 127. The van der Waals surface area contributed by atoms with Crippen molar-refractivity contribution in [2.24, 2.45) is 14.1 Å². The van der Waals surface area contributed by atoms with Crippen LogP contribution < -0.4 is 16.0 Å². The molecule has 0 aliphatic heterocycles. The molecule has 0 aliphatic carbocycles. The van der Waals surface area contributed by atoms with Gasteiger partial charge in [-0.1, -0.05) is 6.07 Å². The predicted octanol–water partition coefficient (Wildman–Crippen LogP) is 1.35. The SMILES string of the molecule is Cn1c(Oc2cccc(I)c2)c(C#N)c(=O)n(C)c1=O. The molecule has 0 amide bonds. The standard InChI is InChI=1S/C13H10IN3O3/c1-16-11(18)10(7-15)12(17(2)13(16)19)20-9-5-3-4-8(14)6-9/h3-6H,1-2H3. The summed E-state index contributed by atoms with van der Waals surface area (Å²) in [6.45, 7) is 0. The third-order valence-corrected chi connectivity index (χ3v) is 3.40. The fourth-order valence-electron chi connectivity index (χ4n) is 1.68. The van der Waals surface area contributed by atoms with Crippen LogP contribution in [0.15, 0.2) is 33.9 Å². The van der Waals surface area contributed by atoms with E-state index in [2.05, 4.69) is 22.6 Å². The first-order valence-electron chi connectivity index (χ1n) is 5.59. The molecular formula is C13H10IN3O3. The van der Waals surface area contributed by atoms with Crippen molar-refractivity contribution in [1.29, 1.82) is 5.26 Å². The molecule has 1 heterocycles. The van der Waals surface area contributed by atoms with Crippen molar-refractivity contribution in [2.75, 3.05) is 0 Å². The summed E-state index contributed by atoms with van der Waals surface area (Å²) in [6.07, 6.45) is 0. The maximum absolute atomic E-state index is 11.9. The maximum atomic E-state index is 11.9. The van der Waals surface area contributed by atoms with Crippen molar-refractivity contribution in [1.82, 2.24) is 9.13 Å². The molecule has 0 atom stereocenters. The summed E-state index contributed by atoms with van der Waals surface area (Å²) in [4.78, 5) is 23.8. The lowest BCUT2D eigenvalue weighted by Gasteiger charge is -2.12. The monoisotopic (exact) mass is 383 g/mol. The number of nitriles is 1. The van der Waals surface area contributed by atoms with Crippen LogP contribution in [-0.2, 0) is 14.1 Å². The van der Waals surface area contributed by atoms with Gasteiger partial charge in [0.25, 0.3) is 5.56 Å². The van der Waals surface area contributed by atoms with E-state index in [4.69, 9.17) is 10.00 Å². The van der Waals surface area contributed by atoms with Gasteiger partial charge >= 0.3 is 5.69 Å². The number of halogens is 1. The van der Waals surface area contributed by atoms with E-state index in [0.717, 1.165) is 12.7 Å². The molecule has 1 aromatic heterocycles. The molecule has 0 N–H and O–H groups in total. The van der Waals surface area contributed by atoms with Gasteiger partial charge in [-0.2, -0.15) is 5.26 Å². The Morgan fingerprint density at radius 3 is 2.55 bits per heavy atom. The molecule has 0 radical (unpaired) electrons. The van der Waals surface area contributed by atoms with E-state index < -0.39 is 11.2 Å². The molecule has 0 spiro atoms. The summed E-state index contributed by atoms with van der Waals surface area (Å²) in [5.41, 5.74) is -1.42. The third-order valence-electron chi connectivity index (χ3n) is 2.73. The second-order valence-corrected chi connectivity index (χ2v) is 5.30. The Balaban J connectivity index is 2.66. The van der Waals surface area contributed by atoms with E-state index in [9.17, 15) is 9.59 Å². The Kier molecular flexibility index (Phi) is 3.94. The van der Waals surface area contributed by atoms with E-state index in [1.807, 2.05) is 6.07 Å². The van der Waals surface area contributed by atoms with Crippen LogP contribution in [0.3, 0.4) is 0 Å². The molecule has 6 nitrogen and oxygen atoms in total. The quantitative estimate of drug-likeness (QED) is 0.734. The van der Waals surface area contributed by atoms with Crippen LogP contribution in [-0.4, -0.2) is 9.13 Å². The van der Waals surface area contributed by atoms with Crippen LogP contribution in [0.5, 0.6) is 11.6 Å². The van der Waals surface area contributed by atoms with Crippen LogP contribution in [0.25, 0.3) is 0 Å². The fraction of sp³-hybridized carbons (Fsp3) is 0.154. The van der Waals surface area contributed by atoms with E-state index >= 15 is 0 Å². The van der Waals surface area contributed by atoms with Crippen molar-refractivity contribution in [3.05, 3.63) is 54.2 Å². The average Bonchev–Trinajstić information content (AvgIpc) is 2.43. The molecular weight excluding hydrogens is 373 g/mol. The van der Waals surface area contributed by atoms with E-state index in [-0.39, 0.29) is 11.4 Å². The third kappa shape index (κ3) is 2.46. The Morgan fingerprint density at radius 1 is 1.25 bits per heavy atom. The lowest BCUT2D eigenvalue weighted by molar-refractivity contribution is 0.421. The molecule has 1 aromatic carbocycles. The van der Waals surface area contributed by atoms with Crippen molar-refractivity contribution in [3.63, 3.8) is 0 Å². The minimum Gasteiger partial charge on any atom is -0.439 e. The topological polar surface area (TPSA) is 77.0 Å². The lowest BCUT2D eigenvalue weighted by atomic mass is 10.3. The number of rotatable bonds is 2. The molecule has 0 saturated carbocycles. The highest BCUT2D eigenvalue weighted by molar-refractivity contribution is 14.1. The summed E-state index contributed by atoms with van der Waals surface area (Å²) in [6, 6.07) is 8.87. The van der Waals surface area contributed by atoms with Crippen molar-refractivity contribution in [3.8, 4) is 17.7 Å². The lowest BCUT2D eigenvalue weighted by Crippen LogP contribution is -2.38. The second kappa shape index (κ2) is 5.50. The van der Waals surface area contributed by atoms with E-state index in [0.29, 0.717) is 5.75 Å². The zero-order valence-corrected chi connectivity index (χ0v) is 12.9. The minimum atomic E-state index is -0.670. The van der Waals surface area contributed by atoms with Gasteiger partial charge in [0.15, 0.2) is 5.56 Å². The summed E-state index contributed by atoms with van der Waals surface area (Å²) in [5, 5.41) is 9.11. The van der Waals surface area contributed by atoms with Crippen molar-refractivity contribution < 1.29 is 4.74 Å². The molecule has 102 valence electrons. The normalized spacial score (nSPS) is 10.1. The highest BCUT2D eigenvalue weighted by Gasteiger charge is 2.17. The molecule has 0 fully saturated rings. The minimum absolute atomic E-state index is 0.0531. The number of aromatic nitrogens is 2. The van der Waals surface area contributed by atoms with Crippen LogP contribution >= 0.6 is 22.6 Å². The van der Waals surface area contributed by atoms with Gasteiger partial charge in [-0.15, -0.1) is 0 Å². The molecule has 0 unspecified atom stereocenters. The second-order valence-electron chi connectivity index (χ2n) is 4.06. The first kappa shape index (κ1) is 14.3. The zero-order chi connectivity index (χ0) is 14.9. The molecule has 0 bridgehead atoms. The van der Waals surface area contributed by atoms with Crippen LogP contribution in [0.1, 0.15) is 5.56 Å². The Labute approximate surface area is 128 Å². The average molecular weight is 383 g/mol. The number of hydrogen-bond acceptors (Lipinski definition) is 4. The molecule has 0 aliphatic rings. The first-order chi connectivity index (χ1) is 9.45. The fourth-order valence-corrected chi connectivity index (χ4v) is 2.20. The van der Waals surface area contributed by atoms with Gasteiger partial charge in [-0.3, -0.25) is 13.9 Å². The van der Waals surface area contributed by atoms with E-state index in [1.54, 1.807) is 24.3 Å². The van der Waals surface area contributed by atoms with Crippen molar-refractivity contribution in [2.45, 2.75) is 0 Å². The number of hydrogen-bond donors (Lipinski definition) is 0. The van der Waals surface area contributed by atoms with Crippen LogP contribution in [0.4, 0.5) is 0 Å². The number of ether oxygens (including phenoxy) is 1. The largest absolute Gasteiger partial charge is 0.439 e. The molecule has 20 heavy (non-hydrogen) atoms. The Bertz CT molecular complexity index is 830. The van der Waals surface area contributed by atoms with Gasteiger partial charge in [0.1, 0.15) is 11.8 Å². The van der Waals surface area contributed by atoms with Gasteiger partial charge in [-0.25, -0.2) is 4.79 Å². The number of nitrogens with zero attached hydrogens (tertiary/aromatic N) is 3. The highest BCUT2D eigenvalue weighted by Crippen LogP contribution is 2.23. The van der Waals surface area contributed by atoms with Crippen molar-refractivity contribution >= 4 is 22.6 Å². The Hall–Kier alpha value is -2.08. The van der Waals surface area contributed by atoms with E-state index in [1.165, 1.54) is 14.1 Å². The summed E-state index contributed by atoms with van der Waals surface area (Å²) < 4.78 is 8.50. The van der Waals surface area contributed by atoms with Gasteiger partial charge in [-0.05, 0) is 40.8 Å². The summed E-state index contributed by atoms with van der Waals surface area (Å²) >= 11 is 2.11. The van der Waals surface area contributed by atoms with Crippen LogP contribution in [0, 0.1) is 14.9 Å². The summed E-state index contributed by atoms with van der Waals surface area (Å²) in [5.74, 6) is 0.402. The zero-order valence-electron chi connectivity index (χ0n) is 10.8. The Morgan fingerprint density at radius 2 is 1.95 bits per heavy atom. The molecule has 7 heteroatoms. The van der Waals surface area contributed by atoms with Gasteiger partial charge < -0.3 is 4.74 Å². The maximum Gasteiger partial charge on any atom is 0.333 e. The smallest absolute Gasteiger partial charge is 0.333 e. The molecule has 2 rings (SSSR count).